The number of rotatable bonds is 3. The second-order valence-corrected chi connectivity index (χ2v) is 7.43. The molecule has 0 aromatic carbocycles. The van der Waals surface area contributed by atoms with Gasteiger partial charge < -0.3 is 4.74 Å². The molecule has 0 aliphatic heterocycles. The molecule has 17 heavy (non-hydrogen) atoms. The zero-order chi connectivity index (χ0) is 13.1. The van der Waals surface area contributed by atoms with E-state index in [-0.39, 0.29) is 11.2 Å². The minimum atomic E-state index is -2.71. The van der Waals surface area contributed by atoms with E-state index in [0.717, 1.165) is 6.42 Å². The predicted molar refractivity (Wildman–Crippen MR) is 64.7 cm³/mol. The Morgan fingerprint density at radius 1 is 1.29 bits per heavy atom. The molecule has 1 saturated carbocycles. The molecule has 0 aromatic rings. The summed E-state index contributed by atoms with van der Waals surface area (Å²) >= 11 is 0. The van der Waals surface area contributed by atoms with E-state index in [1.165, 1.54) is 0 Å². The van der Waals surface area contributed by atoms with E-state index in [2.05, 4.69) is 9.10 Å². The lowest BCUT2D eigenvalue weighted by Crippen LogP contribution is -2.26. The van der Waals surface area contributed by atoms with Crippen LogP contribution in [0.1, 0.15) is 32.6 Å². The van der Waals surface area contributed by atoms with Crippen molar-refractivity contribution in [2.45, 2.75) is 50.6 Å². The molecule has 0 aromatic heterocycles. The van der Waals surface area contributed by atoms with E-state index in [9.17, 15) is 13.0 Å². The number of hydrogen-bond acceptors (Lipinski definition) is 3. The third-order valence-corrected chi connectivity index (χ3v) is 6.12. The molecule has 6 heteroatoms. The van der Waals surface area contributed by atoms with Gasteiger partial charge in [-0.3, -0.25) is 0 Å². The van der Waals surface area contributed by atoms with Crippen LogP contribution in [0.4, 0.5) is 8.78 Å². The van der Waals surface area contributed by atoms with Gasteiger partial charge in [0.15, 0.2) is 0 Å². The Balaban J connectivity index is 2.71. The van der Waals surface area contributed by atoms with E-state index in [1.807, 2.05) is 6.92 Å². The highest BCUT2D eigenvalue weighted by Crippen LogP contribution is 2.30. The van der Waals surface area contributed by atoms with Crippen molar-refractivity contribution in [2.75, 3.05) is 13.3 Å². The lowest BCUT2D eigenvalue weighted by molar-refractivity contribution is -0.165. The van der Waals surface area contributed by atoms with Gasteiger partial charge in [0.2, 0.25) is 0 Å². The maximum atomic E-state index is 12.2. The second kappa shape index (κ2) is 6.09. The summed E-state index contributed by atoms with van der Waals surface area (Å²) in [5.74, 6) is 0.238. The number of halogens is 2. The van der Waals surface area contributed by atoms with Crippen LogP contribution in [0.5, 0.6) is 0 Å². The molecule has 0 heterocycles. The van der Waals surface area contributed by atoms with E-state index < -0.39 is 22.4 Å². The average molecular weight is 269 g/mol. The van der Waals surface area contributed by atoms with Gasteiger partial charge in [0.05, 0.1) is 6.10 Å². The second-order valence-electron chi connectivity index (χ2n) is 4.73. The molecular formula is C11H21F2NO2S. The molecule has 102 valence electrons. The standard InChI is InChI=1S/C11H21F2NO2S/c1-8-4-5-9(16-11(12)13)6-7-10(8)17(3,15)14-2/h8-11H,4-7H2,1-3H3. The first-order valence-corrected chi connectivity index (χ1v) is 7.88. The smallest absolute Gasteiger partial charge is 0.320 e. The van der Waals surface area contributed by atoms with E-state index >= 15 is 0 Å². The summed E-state index contributed by atoms with van der Waals surface area (Å²) in [6.45, 7) is -0.697. The highest BCUT2D eigenvalue weighted by atomic mass is 32.2. The van der Waals surface area contributed by atoms with Gasteiger partial charge >= 0.3 is 6.61 Å². The van der Waals surface area contributed by atoms with Crippen LogP contribution in [0.2, 0.25) is 0 Å². The number of nitrogens with zero attached hydrogens (tertiary/aromatic N) is 1. The van der Waals surface area contributed by atoms with Gasteiger partial charge in [-0.25, -0.2) is 8.57 Å². The normalized spacial score (nSPS) is 34.1. The SMILES string of the molecule is CN=S(C)(=O)C1CCC(OC(F)F)CCC1C. The Kier molecular flexibility index (Phi) is 5.31. The summed E-state index contributed by atoms with van der Waals surface area (Å²) in [6.07, 6.45) is 3.81. The van der Waals surface area contributed by atoms with Gasteiger partial charge in [-0.05, 0) is 31.6 Å². The van der Waals surface area contributed by atoms with Crippen molar-refractivity contribution in [3.63, 3.8) is 0 Å². The summed E-state index contributed by atoms with van der Waals surface area (Å²) in [4.78, 5) is 0. The van der Waals surface area contributed by atoms with Crippen molar-refractivity contribution in [3.05, 3.63) is 0 Å². The first-order chi connectivity index (χ1) is 7.86. The molecule has 0 saturated heterocycles. The van der Waals surface area contributed by atoms with Crippen molar-refractivity contribution < 1.29 is 17.7 Å². The van der Waals surface area contributed by atoms with Crippen LogP contribution < -0.4 is 0 Å². The summed E-state index contributed by atoms with van der Waals surface area (Å²) < 4.78 is 45.1. The predicted octanol–water partition coefficient (Wildman–Crippen LogP) is 2.90. The molecular weight excluding hydrogens is 248 g/mol. The molecule has 4 unspecified atom stereocenters. The Morgan fingerprint density at radius 2 is 1.88 bits per heavy atom. The fraction of sp³-hybridized carbons (Fsp3) is 1.00. The fourth-order valence-electron chi connectivity index (χ4n) is 2.48. The largest absolute Gasteiger partial charge is 0.345 e. The van der Waals surface area contributed by atoms with Crippen LogP contribution in [0, 0.1) is 5.92 Å². The average Bonchev–Trinajstić information content (AvgIpc) is 2.41. The maximum Gasteiger partial charge on any atom is 0.345 e. The van der Waals surface area contributed by atoms with Crippen LogP contribution in [0.3, 0.4) is 0 Å². The molecule has 0 amide bonds. The van der Waals surface area contributed by atoms with E-state index in [4.69, 9.17) is 0 Å². The molecule has 4 atom stereocenters. The molecule has 1 rings (SSSR count). The number of alkyl halides is 2. The van der Waals surface area contributed by atoms with Crippen LogP contribution in [-0.2, 0) is 14.5 Å². The van der Waals surface area contributed by atoms with Gasteiger partial charge in [0, 0.05) is 28.3 Å². The van der Waals surface area contributed by atoms with Gasteiger partial charge in [-0.1, -0.05) is 6.92 Å². The lowest BCUT2D eigenvalue weighted by atomic mass is 10.0. The Bertz CT molecular complexity index is 353. The van der Waals surface area contributed by atoms with Gasteiger partial charge in [-0.15, -0.1) is 0 Å². The molecule has 1 aliphatic carbocycles. The summed E-state index contributed by atoms with van der Waals surface area (Å²) in [6, 6.07) is 0. The van der Waals surface area contributed by atoms with Crippen LogP contribution >= 0.6 is 0 Å². The van der Waals surface area contributed by atoms with Crippen molar-refractivity contribution in [2.24, 2.45) is 10.3 Å². The molecule has 0 bridgehead atoms. The van der Waals surface area contributed by atoms with Crippen LogP contribution in [0.15, 0.2) is 4.36 Å². The van der Waals surface area contributed by atoms with E-state index in [0.29, 0.717) is 19.3 Å². The first-order valence-electron chi connectivity index (χ1n) is 5.89. The van der Waals surface area contributed by atoms with Crippen molar-refractivity contribution in [1.29, 1.82) is 0 Å². The Labute approximate surface area is 102 Å². The zero-order valence-corrected chi connectivity index (χ0v) is 11.4. The Morgan fingerprint density at radius 3 is 2.41 bits per heavy atom. The summed E-state index contributed by atoms with van der Waals surface area (Å²) in [5, 5.41) is -0.0150. The summed E-state index contributed by atoms with van der Waals surface area (Å²) in [7, 11) is -0.651. The number of hydrogen-bond donors (Lipinski definition) is 0. The number of ether oxygens (including phenoxy) is 1. The fourth-order valence-corrected chi connectivity index (χ4v) is 4.32. The molecule has 1 fully saturated rings. The summed E-state index contributed by atoms with van der Waals surface area (Å²) in [5.41, 5.74) is 0. The topological polar surface area (TPSA) is 38.7 Å². The zero-order valence-electron chi connectivity index (χ0n) is 10.6. The van der Waals surface area contributed by atoms with Gasteiger partial charge in [0.25, 0.3) is 0 Å². The lowest BCUT2D eigenvalue weighted by Gasteiger charge is -2.22. The van der Waals surface area contributed by atoms with Crippen LogP contribution in [-0.4, -0.2) is 35.5 Å². The van der Waals surface area contributed by atoms with Crippen molar-refractivity contribution in [1.82, 2.24) is 0 Å². The molecule has 3 nitrogen and oxygen atoms in total. The quantitative estimate of drug-likeness (QED) is 0.739. The minimum Gasteiger partial charge on any atom is -0.320 e. The van der Waals surface area contributed by atoms with E-state index in [1.54, 1.807) is 13.3 Å². The monoisotopic (exact) mass is 269 g/mol. The maximum absolute atomic E-state index is 12.2. The molecule has 1 aliphatic rings. The van der Waals surface area contributed by atoms with Gasteiger partial charge in [-0.2, -0.15) is 8.78 Å². The first kappa shape index (κ1) is 14.8. The van der Waals surface area contributed by atoms with Crippen molar-refractivity contribution in [3.8, 4) is 0 Å². The molecule has 0 N–H and O–H groups in total. The highest BCUT2D eigenvalue weighted by Gasteiger charge is 2.31. The molecule has 0 radical (unpaired) electrons. The molecule has 0 spiro atoms. The highest BCUT2D eigenvalue weighted by molar-refractivity contribution is 7.93. The van der Waals surface area contributed by atoms with Crippen molar-refractivity contribution >= 4 is 9.73 Å². The van der Waals surface area contributed by atoms with Gasteiger partial charge in [0.1, 0.15) is 0 Å². The Hall–Kier alpha value is -0.230. The van der Waals surface area contributed by atoms with Crippen LogP contribution in [0.25, 0.3) is 0 Å². The third-order valence-electron chi connectivity index (χ3n) is 3.57. The minimum absolute atomic E-state index is 0.0150. The third kappa shape index (κ3) is 4.17.